The molecule has 1 unspecified atom stereocenters. The minimum Gasteiger partial charge on any atom is -0.383 e. The number of hydrogen-bond donors (Lipinski definition) is 3. The molecule has 1 fully saturated rings. The number of anilines is 2. The number of aromatic nitrogens is 4. The Balaban J connectivity index is 1.41. The summed E-state index contributed by atoms with van der Waals surface area (Å²) in [7, 11) is 0. The van der Waals surface area contributed by atoms with Crippen LogP contribution in [0.2, 0.25) is 0 Å². The van der Waals surface area contributed by atoms with Crippen LogP contribution < -0.4 is 11.1 Å². The van der Waals surface area contributed by atoms with Gasteiger partial charge in [-0.2, -0.15) is 23.5 Å². The predicted molar refractivity (Wildman–Crippen MR) is 164 cm³/mol. The smallest absolute Gasteiger partial charge is 0.383 e. The third kappa shape index (κ3) is 6.97. The van der Waals surface area contributed by atoms with Gasteiger partial charge in [0.05, 0.1) is 28.6 Å². The van der Waals surface area contributed by atoms with Gasteiger partial charge in [0.2, 0.25) is 0 Å². The lowest BCUT2D eigenvalue weighted by atomic mass is 9.92. The highest BCUT2D eigenvalue weighted by atomic mass is 19.4. The SMILES string of the molecule is CC(C)(C)/C=C(\C#N)C(O)N1CCC[C@@H](n2nc(-c3ccc(NC(=O)c4cccc(C(F)(F)F)c4)cc3)c3c(N)ncnc32)C1. The summed E-state index contributed by atoms with van der Waals surface area (Å²) >= 11 is 0. The Kier molecular flexibility index (Phi) is 8.64. The number of nitriles is 1. The van der Waals surface area contributed by atoms with E-state index in [1.165, 1.54) is 18.5 Å². The Bertz CT molecular complexity index is 1790. The third-order valence-corrected chi connectivity index (χ3v) is 7.50. The van der Waals surface area contributed by atoms with Gasteiger partial charge < -0.3 is 16.2 Å². The van der Waals surface area contributed by atoms with Crippen LogP contribution in [0.5, 0.6) is 0 Å². The maximum atomic E-state index is 13.1. The highest BCUT2D eigenvalue weighted by Gasteiger charge is 2.32. The van der Waals surface area contributed by atoms with E-state index in [-0.39, 0.29) is 22.8 Å². The molecule has 0 saturated carbocycles. The van der Waals surface area contributed by atoms with Gasteiger partial charge in [-0.05, 0) is 48.6 Å². The largest absolute Gasteiger partial charge is 0.416 e. The number of alkyl halides is 3. The maximum Gasteiger partial charge on any atom is 0.416 e. The first-order valence-electron chi connectivity index (χ1n) is 14.4. The van der Waals surface area contributed by atoms with Crippen LogP contribution in [0.15, 0.2) is 66.5 Å². The van der Waals surface area contributed by atoms with Gasteiger partial charge in [0.1, 0.15) is 24.1 Å². The Morgan fingerprint density at radius 3 is 2.58 bits per heavy atom. The van der Waals surface area contributed by atoms with E-state index in [2.05, 4.69) is 21.4 Å². The first kappa shape index (κ1) is 31.6. The van der Waals surface area contributed by atoms with Gasteiger partial charge in [-0.25, -0.2) is 14.6 Å². The average Bonchev–Trinajstić information content (AvgIpc) is 3.40. The summed E-state index contributed by atoms with van der Waals surface area (Å²) in [6.45, 7) is 6.93. The van der Waals surface area contributed by atoms with Gasteiger partial charge in [0.25, 0.3) is 5.91 Å². The number of aliphatic hydroxyl groups is 1. The fourth-order valence-corrected chi connectivity index (χ4v) is 5.44. The fourth-order valence-electron chi connectivity index (χ4n) is 5.44. The number of aliphatic hydroxyl groups excluding tert-OH is 1. The molecule has 10 nitrogen and oxygen atoms in total. The van der Waals surface area contributed by atoms with Crippen molar-refractivity contribution in [2.45, 2.75) is 52.1 Å². The van der Waals surface area contributed by atoms with Crippen LogP contribution >= 0.6 is 0 Å². The quantitative estimate of drug-likeness (QED) is 0.230. The van der Waals surface area contributed by atoms with Crippen molar-refractivity contribution in [2.75, 3.05) is 24.1 Å². The molecular formula is C32H33F3N8O2. The standard InChI is InChI=1S/C32H33F3N8O2/c1-31(2,3)15-21(16-36)30(45)42-13-5-8-24(17-42)43-28-25(27(37)38-18-39-28)26(41-43)19-9-11-23(12-10-19)40-29(44)20-6-4-7-22(14-20)32(33,34)35/h4,6-7,9-12,14-15,18,24,30,45H,5,8,13,17H2,1-3H3,(H,40,44)(H2,37,38,39)/b21-15+/t24-,30?/m1/s1. The molecule has 4 aromatic rings. The minimum atomic E-state index is -4.56. The lowest BCUT2D eigenvalue weighted by Gasteiger charge is -2.36. The molecule has 4 N–H and O–H groups in total. The Hall–Kier alpha value is -4.80. The van der Waals surface area contributed by atoms with Crippen molar-refractivity contribution in [3.63, 3.8) is 0 Å². The number of halogens is 3. The topological polar surface area (TPSA) is 146 Å². The molecule has 2 atom stereocenters. The van der Waals surface area contributed by atoms with Gasteiger partial charge in [0, 0.05) is 29.9 Å². The van der Waals surface area contributed by atoms with Crippen molar-refractivity contribution in [3.8, 4) is 17.3 Å². The summed E-state index contributed by atoms with van der Waals surface area (Å²) in [4.78, 5) is 23.2. The Morgan fingerprint density at radius 2 is 1.91 bits per heavy atom. The van der Waals surface area contributed by atoms with Crippen LogP contribution in [0.25, 0.3) is 22.3 Å². The summed E-state index contributed by atoms with van der Waals surface area (Å²) in [6.07, 6.45) is -0.961. The molecule has 0 spiro atoms. The molecule has 234 valence electrons. The van der Waals surface area contributed by atoms with Gasteiger partial charge in [-0.15, -0.1) is 0 Å². The number of nitrogen functional groups attached to an aromatic ring is 1. The number of allylic oxidation sites excluding steroid dienone is 1. The number of carbonyl (C=O) groups is 1. The molecule has 1 saturated heterocycles. The first-order chi connectivity index (χ1) is 21.2. The first-order valence-corrected chi connectivity index (χ1v) is 14.4. The summed E-state index contributed by atoms with van der Waals surface area (Å²) in [5.41, 5.74) is 7.35. The van der Waals surface area contributed by atoms with E-state index in [4.69, 9.17) is 10.8 Å². The van der Waals surface area contributed by atoms with E-state index in [1.54, 1.807) is 35.0 Å². The van der Waals surface area contributed by atoms with Crippen molar-refractivity contribution < 1.29 is 23.1 Å². The van der Waals surface area contributed by atoms with Crippen molar-refractivity contribution in [1.29, 1.82) is 5.26 Å². The number of nitrogens with zero attached hydrogens (tertiary/aromatic N) is 6. The maximum absolute atomic E-state index is 13.1. The molecule has 1 aliphatic heterocycles. The van der Waals surface area contributed by atoms with Crippen LogP contribution in [-0.2, 0) is 6.18 Å². The predicted octanol–water partition coefficient (Wildman–Crippen LogP) is 5.80. The van der Waals surface area contributed by atoms with Crippen molar-refractivity contribution in [2.24, 2.45) is 5.41 Å². The number of piperidine rings is 1. The molecule has 1 amide bonds. The van der Waals surface area contributed by atoms with Crippen LogP contribution in [-0.4, -0.2) is 55.0 Å². The summed E-state index contributed by atoms with van der Waals surface area (Å²) < 4.78 is 41.1. The van der Waals surface area contributed by atoms with E-state index in [0.29, 0.717) is 46.6 Å². The molecule has 45 heavy (non-hydrogen) atoms. The number of nitrogens with two attached hydrogens (primary N) is 1. The lowest BCUT2D eigenvalue weighted by molar-refractivity contribution is -0.137. The molecule has 0 bridgehead atoms. The van der Waals surface area contributed by atoms with E-state index in [1.807, 2.05) is 25.7 Å². The number of amides is 1. The van der Waals surface area contributed by atoms with E-state index in [0.717, 1.165) is 25.0 Å². The van der Waals surface area contributed by atoms with E-state index >= 15 is 0 Å². The van der Waals surface area contributed by atoms with Crippen LogP contribution in [0.1, 0.15) is 55.6 Å². The number of likely N-dealkylation sites (tertiary alicyclic amines) is 1. The third-order valence-electron chi connectivity index (χ3n) is 7.50. The summed E-state index contributed by atoms with van der Waals surface area (Å²) in [5.74, 6) is -0.446. The highest BCUT2D eigenvalue weighted by Crippen LogP contribution is 2.35. The minimum absolute atomic E-state index is 0.119. The van der Waals surface area contributed by atoms with E-state index in [9.17, 15) is 28.3 Å². The zero-order valence-corrected chi connectivity index (χ0v) is 25.0. The molecule has 5 rings (SSSR count). The monoisotopic (exact) mass is 618 g/mol. The second-order valence-electron chi connectivity index (χ2n) is 12.1. The highest BCUT2D eigenvalue weighted by molar-refractivity contribution is 6.04. The normalized spacial score (nSPS) is 17.2. The molecule has 2 aromatic heterocycles. The molecule has 2 aromatic carbocycles. The number of hydrogen-bond acceptors (Lipinski definition) is 8. The fraction of sp³-hybridized carbons (Fsp3) is 0.344. The van der Waals surface area contributed by atoms with Gasteiger partial charge in [0.15, 0.2) is 5.65 Å². The second kappa shape index (κ2) is 12.3. The van der Waals surface area contributed by atoms with Crippen molar-refractivity contribution in [3.05, 3.63) is 77.6 Å². The molecular weight excluding hydrogens is 585 g/mol. The molecule has 13 heteroatoms. The van der Waals surface area contributed by atoms with Crippen molar-refractivity contribution in [1.82, 2.24) is 24.6 Å². The van der Waals surface area contributed by atoms with Gasteiger partial charge >= 0.3 is 6.18 Å². The summed E-state index contributed by atoms with van der Waals surface area (Å²) in [6, 6.07) is 12.8. The lowest BCUT2D eigenvalue weighted by Crippen LogP contribution is -2.44. The number of benzene rings is 2. The Labute approximate surface area is 258 Å². The van der Waals surface area contributed by atoms with Crippen molar-refractivity contribution >= 4 is 28.4 Å². The zero-order valence-electron chi connectivity index (χ0n) is 25.0. The summed E-state index contributed by atoms with van der Waals surface area (Å²) in [5, 5.41) is 28.9. The van der Waals surface area contributed by atoms with E-state index < -0.39 is 23.9 Å². The van der Waals surface area contributed by atoms with Crippen LogP contribution in [0.4, 0.5) is 24.7 Å². The van der Waals surface area contributed by atoms with Gasteiger partial charge in [-0.1, -0.05) is 45.0 Å². The Morgan fingerprint density at radius 1 is 1.18 bits per heavy atom. The molecule has 3 heterocycles. The number of nitrogens with one attached hydrogen (secondary N) is 1. The number of rotatable bonds is 6. The van der Waals surface area contributed by atoms with Gasteiger partial charge in [-0.3, -0.25) is 9.69 Å². The second-order valence-corrected chi connectivity index (χ2v) is 12.1. The number of carbonyl (C=O) groups excluding carboxylic acids is 1. The molecule has 0 radical (unpaired) electrons. The zero-order chi connectivity index (χ0) is 32.5. The molecule has 0 aliphatic carbocycles. The van der Waals surface area contributed by atoms with Crippen LogP contribution in [0.3, 0.4) is 0 Å². The number of fused-ring (bicyclic) bond motifs is 1. The average molecular weight is 619 g/mol. The van der Waals surface area contributed by atoms with Crippen LogP contribution in [0, 0.1) is 16.7 Å². The molecule has 1 aliphatic rings.